The number of aliphatic hydroxyl groups is 1. The van der Waals surface area contributed by atoms with Crippen molar-refractivity contribution in [3.05, 3.63) is 12.2 Å². The molecule has 0 spiro atoms. The van der Waals surface area contributed by atoms with Crippen molar-refractivity contribution >= 4 is 0 Å². The van der Waals surface area contributed by atoms with Crippen LogP contribution in [0.4, 0.5) is 0 Å². The van der Waals surface area contributed by atoms with Crippen LogP contribution in [0.2, 0.25) is 0 Å². The fraction of sp³-hybridized carbons (Fsp3) is 0.778. The van der Waals surface area contributed by atoms with Gasteiger partial charge in [-0.3, -0.25) is 0 Å². The van der Waals surface area contributed by atoms with Crippen molar-refractivity contribution in [2.24, 2.45) is 5.92 Å². The predicted molar refractivity (Wildman–Crippen MR) is 43.5 cm³/mol. The number of hydrogen-bond acceptors (Lipinski definition) is 3. The summed E-state index contributed by atoms with van der Waals surface area (Å²) in [6.45, 7) is 3.93. The molecular weight excluding hydrogens is 156 g/mol. The van der Waals surface area contributed by atoms with E-state index in [1.54, 1.807) is 0 Å². The van der Waals surface area contributed by atoms with Gasteiger partial charge in [0.1, 0.15) is 6.10 Å². The van der Waals surface area contributed by atoms with E-state index in [-0.39, 0.29) is 24.7 Å². The standard InChI is InChI=1S/C9H14O3/c1-9(2)11-7-4-3-6(5-10)8(7)12-9/h3-4,6-8,10H,5H2,1-2H3/t6-,7-,8+/m0/s1. The molecule has 1 saturated heterocycles. The lowest BCUT2D eigenvalue weighted by molar-refractivity contribution is -0.148. The van der Waals surface area contributed by atoms with Crippen LogP contribution in [0.25, 0.3) is 0 Å². The van der Waals surface area contributed by atoms with Gasteiger partial charge in [-0.15, -0.1) is 0 Å². The number of aliphatic hydroxyl groups excluding tert-OH is 1. The van der Waals surface area contributed by atoms with E-state index in [1.165, 1.54) is 0 Å². The minimum atomic E-state index is -0.493. The molecule has 1 aliphatic heterocycles. The smallest absolute Gasteiger partial charge is 0.164 e. The van der Waals surface area contributed by atoms with Gasteiger partial charge in [0.05, 0.1) is 12.7 Å². The van der Waals surface area contributed by atoms with Crippen molar-refractivity contribution < 1.29 is 14.6 Å². The first-order chi connectivity index (χ1) is 5.62. The highest BCUT2D eigenvalue weighted by atomic mass is 16.8. The van der Waals surface area contributed by atoms with Crippen LogP contribution in [0.3, 0.4) is 0 Å². The van der Waals surface area contributed by atoms with Crippen molar-refractivity contribution in [3.8, 4) is 0 Å². The van der Waals surface area contributed by atoms with Crippen molar-refractivity contribution in [1.82, 2.24) is 0 Å². The summed E-state index contributed by atoms with van der Waals surface area (Å²) in [4.78, 5) is 0. The third-order valence-corrected chi connectivity index (χ3v) is 2.34. The lowest BCUT2D eigenvalue weighted by Crippen LogP contribution is -2.27. The van der Waals surface area contributed by atoms with Gasteiger partial charge in [-0.25, -0.2) is 0 Å². The largest absolute Gasteiger partial charge is 0.396 e. The van der Waals surface area contributed by atoms with Crippen LogP contribution < -0.4 is 0 Å². The van der Waals surface area contributed by atoms with Gasteiger partial charge < -0.3 is 14.6 Å². The van der Waals surface area contributed by atoms with Gasteiger partial charge in [0, 0.05) is 5.92 Å². The number of ether oxygens (including phenoxy) is 2. The SMILES string of the molecule is CC1(C)O[C@H]2[C@H](C=C[C@H]2CO)O1. The zero-order chi connectivity index (χ0) is 8.77. The van der Waals surface area contributed by atoms with Gasteiger partial charge in [-0.05, 0) is 13.8 Å². The zero-order valence-electron chi connectivity index (χ0n) is 7.36. The Bertz CT molecular complexity index is 210. The first-order valence-corrected chi connectivity index (χ1v) is 4.27. The summed E-state index contributed by atoms with van der Waals surface area (Å²) in [7, 11) is 0. The van der Waals surface area contributed by atoms with Crippen LogP contribution in [0, 0.1) is 5.92 Å². The molecule has 0 amide bonds. The van der Waals surface area contributed by atoms with Gasteiger partial charge in [-0.2, -0.15) is 0 Å². The average molecular weight is 170 g/mol. The van der Waals surface area contributed by atoms with Crippen molar-refractivity contribution in [3.63, 3.8) is 0 Å². The number of hydrogen-bond donors (Lipinski definition) is 1. The number of fused-ring (bicyclic) bond motifs is 1. The Kier molecular flexibility index (Phi) is 1.75. The van der Waals surface area contributed by atoms with Crippen molar-refractivity contribution in [2.75, 3.05) is 6.61 Å². The van der Waals surface area contributed by atoms with Gasteiger partial charge >= 0.3 is 0 Å². The van der Waals surface area contributed by atoms with Gasteiger partial charge in [-0.1, -0.05) is 12.2 Å². The summed E-state index contributed by atoms with van der Waals surface area (Å²) in [5.74, 6) is -0.384. The minimum absolute atomic E-state index is 0.0185. The van der Waals surface area contributed by atoms with Crippen LogP contribution in [0.5, 0.6) is 0 Å². The van der Waals surface area contributed by atoms with Crippen molar-refractivity contribution in [1.29, 1.82) is 0 Å². The lowest BCUT2D eigenvalue weighted by Gasteiger charge is -2.19. The fourth-order valence-corrected chi connectivity index (χ4v) is 1.82. The van der Waals surface area contributed by atoms with Crippen molar-refractivity contribution in [2.45, 2.75) is 31.8 Å². The molecule has 0 saturated carbocycles. The van der Waals surface area contributed by atoms with E-state index < -0.39 is 5.79 Å². The first kappa shape index (κ1) is 8.23. The molecule has 2 rings (SSSR count). The minimum Gasteiger partial charge on any atom is -0.396 e. The maximum atomic E-state index is 9.00. The molecule has 1 fully saturated rings. The molecule has 3 atom stereocenters. The second-order valence-electron chi connectivity index (χ2n) is 3.80. The van der Waals surface area contributed by atoms with E-state index in [4.69, 9.17) is 14.6 Å². The normalized spacial score (nSPS) is 43.4. The highest BCUT2D eigenvalue weighted by Gasteiger charge is 2.45. The summed E-state index contributed by atoms with van der Waals surface area (Å²) in [5, 5.41) is 9.00. The topological polar surface area (TPSA) is 38.7 Å². The lowest BCUT2D eigenvalue weighted by atomic mass is 10.1. The molecule has 0 bridgehead atoms. The second kappa shape index (κ2) is 2.55. The molecule has 0 aromatic rings. The molecule has 1 N–H and O–H groups in total. The van der Waals surface area contributed by atoms with Gasteiger partial charge in [0.2, 0.25) is 0 Å². The van der Waals surface area contributed by atoms with Crippen LogP contribution in [-0.2, 0) is 9.47 Å². The molecule has 68 valence electrons. The average Bonchev–Trinajstić information content (AvgIpc) is 2.42. The maximum Gasteiger partial charge on any atom is 0.164 e. The number of rotatable bonds is 1. The quantitative estimate of drug-likeness (QED) is 0.588. The molecule has 3 heteroatoms. The van der Waals surface area contributed by atoms with Crippen LogP contribution in [0.15, 0.2) is 12.2 Å². The van der Waals surface area contributed by atoms with Crippen LogP contribution in [-0.4, -0.2) is 29.7 Å². The summed E-state index contributed by atoms with van der Waals surface area (Å²) in [6.07, 6.45) is 3.99. The Morgan fingerprint density at radius 3 is 2.75 bits per heavy atom. The maximum absolute atomic E-state index is 9.00. The van der Waals surface area contributed by atoms with E-state index in [0.29, 0.717) is 0 Å². The fourth-order valence-electron chi connectivity index (χ4n) is 1.82. The molecule has 0 aromatic heterocycles. The van der Waals surface area contributed by atoms with Crippen LogP contribution in [0.1, 0.15) is 13.8 Å². The third-order valence-electron chi connectivity index (χ3n) is 2.34. The third kappa shape index (κ3) is 1.18. The van der Waals surface area contributed by atoms with Gasteiger partial charge in [0.25, 0.3) is 0 Å². The summed E-state index contributed by atoms with van der Waals surface area (Å²) in [5.41, 5.74) is 0. The zero-order valence-corrected chi connectivity index (χ0v) is 7.36. The van der Waals surface area contributed by atoms with Gasteiger partial charge in [0.15, 0.2) is 5.79 Å². The Hall–Kier alpha value is -0.380. The molecule has 3 nitrogen and oxygen atoms in total. The predicted octanol–water partition coefficient (Wildman–Crippen LogP) is 0.685. The molecule has 0 aromatic carbocycles. The first-order valence-electron chi connectivity index (χ1n) is 4.27. The molecule has 2 aliphatic rings. The summed E-state index contributed by atoms with van der Waals surface area (Å²) >= 11 is 0. The highest BCUT2D eigenvalue weighted by Crippen LogP contribution is 2.36. The Labute approximate surface area is 72.0 Å². The molecule has 0 radical (unpaired) electrons. The van der Waals surface area contributed by atoms with Crippen LogP contribution >= 0.6 is 0 Å². The Balaban J connectivity index is 2.11. The van der Waals surface area contributed by atoms with E-state index in [2.05, 4.69) is 0 Å². The Morgan fingerprint density at radius 2 is 2.08 bits per heavy atom. The molecular formula is C9H14O3. The molecule has 1 heterocycles. The molecule has 12 heavy (non-hydrogen) atoms. The summed E-state index contributed by atoms with van der Waals surface area (Å²) < 4.78 is 11.2. The van der Waals surface area contributed by atoms with E-state index in [0.717, 1.165) is 0 Å². The second-order valence-corrected chi connectivity index (χ2v) is 3.80. The molecule has 0 unspecified atom stereocenters. The summed E-state index contributed by atoms with van der Waals surface area (Å²) in [6, 6.07) is 0. The monoisotopic (exact) mass is 170 g/mol. The van der Waals surface area contributed by atoms with E-state index >= 15 is 0 Å². The molecule has 1 aliphatic carbocycles. The Morgan fingerprint density at radius 1 is 1.33 bits per heavy atom. The van der Waals surface area contributed by atoms with E-state index in [9.17, 15) is 0 Å². The highest BCUT2D eigenvalue weighted by molar-refractivity contribution is 5.12. The van der Waals surface area contributed by atoms with E-state index in [1.807, 2.05) is 26.0 Å².